The fourth-order valence-corrected chi connectivity index (χ4v) is 6.34. The fourth-order valence-electron chi connectivity index (χ4n) is 6.34. The van der Waals surface area contributed by atoms with Gasteiger partial charge < -0.3 is 15.4 Å². The second kappa shape index (κ2) is 8.28. The van der Waals surface area contributed by atoms with E-state index >= 15 is 0 Å². The Morgan fingerprint density at radius 2 is 1.96 bits per heavy atom. The lowest BCUT2D eigenvalue weighted by Crippen LogP contribution is -2.62. The maximum Gasteiger partial charge on any atom is 0.310 e. The van der Waals surface area contributed by atoms with Crippen molar-refractivity contribution in [2.45, 2.75) is 63.6 Å². The van der Waals surface area contributed by atoms with Crippen LogP contribution in [-0.4, -0.2) is 86.2 Å². The Balaban J connectivity index is 1.36. The highest BCUT2D eigenvalue weighted by Gasteiger charge is 2.59. The van der Waals surface area contributed by atoms with Crippen LogP contribution in [0.2, 0.25) is 0 Å². The summed E-state index contributed by atoms with van der Waals surface area (Å²) in [5.41, 5.74) is 0.0668. The van der Waals surface area contributed by atoms with Crippen LogP contribution in [0.4, 0.5) is 0 Å². The number of ether oxygens (including phenoxy) is 1. The van der Waals surface area contributed by atoms with Crippen molar-refractivity contribution >= 4 is 11.9 Å². The third kappa shape index (κ3) is 3.35. The quantitative estimate of drug-likeness (QED) is 0.668. The van der Waals surface area contributed by atoms with Gasteiger partial charge in [0.25, 0.3) is 0 Å². The molecule has 1 saturated carbocycles. The van der Waals surface area contributed by atoms with E-state index in [1.807, 2.05) is 6.92 Å². The van der Waals surface area contributed by atoms with Crippen molar-refractivity contribution in [2.75, 3.05) is 46.4 Å². The molecule has 2 N–H and O–H groups in total. The first-order valence-corrected chi connectivity index (χ1v) is 11.2. The highest BCUT2D eigenvalue weighted by atomic mass is 16.5. The number of likely N-dealkylation sites (tertiary alicyclic amines) is 2. The molecule has 3 saturated heterocycles. The fraction of sp³-hybridized carbons (Fsp3) is 0.905. The van der Waals surface area contributed by atoms with Gasteiger partial charge in [-0.15, -0.1) is 0 Å². The molecule has 0 aromatic carbocycles. The molecular formula is C21H36N4O3. The Morgan fingerprint density at radius 3 is 2.61 bits per heavy atom. The average Bonchev–Trinajstić information content (AvgIpc) is 3.36. The third-order valence-electron chi connectivity index (χ3n) is 7.87. The summed E-state index contributed by atoms with van der Waals surface area (Å²) in [6.07, 6.45) is 6.66. The van der Waals surface area contributed by atoms with Gasteiger partial charge in [-0.3, -0.25) is 19.4 Å². The van der Waals surface area contributed by atoms with Crippen molar-refractivity contribution in [2.24, 2.45) is 11.3 Å². The maximum absolute atomic E-state index is 12.5. The van der Waals surface area contributed by atoms with E-state index in [-0.39, 0.29) is 29.3 Å². The molecule has 0 radical (unpaired) electrons. The Hall–Kier alpha value is -1.18. The van der Waals surface area contributed by atoms with Gasteiger partial charge in [-0.2, -0.15) is 0 Å². The molecule has 1 aliphatic carbocycles. The van der Waals surface area contributed by atoms with Crippen LogP contribution in [-0.2, 0) is 14.3 Å². The summed E-state index contributed by atoms with van der Waals surface area (Å²) in [5, 5.41) is 6.31. The van der Waals surface area contributed by atoms with Crippen LogP contribution >= 0.6 is 0 Å². The van der Waals surface area contributed by atoms with Crippen molar-refractivity contribution in [3.05, 3.63) is 0 Å². The van der Waals surface area contributed by atoms with E-state index < -0.39 is 0 Å². The average molecular weight is 393 g/mol. The summed E-state index contributed by atoms with van der Waals surface area (Å²) in [4.78, 5) is 29.8. The third-order valence-corrected chi connectivity index (χ3v) is 7.87. The summed E-state index contributed by atoms with van der Waals surface area (Å²) in [5.74, 6) is 0.157. The molecule has 158 valence electrons. The molecule has 7 nitrogen and oxygen atoms in total. The Labute approximate surface area is 168 Å². The molecular weight excluding hydrogens is 356 g/mol. The van der Waals surface area contributed by atoms with Crippen molar-refractivity contribution in [3.8, 4) is 0 Å². The van der Waals surface area contributed by atoms with E-state index in [4.69, 9.17) is 4.74 Å². The number of hydrogen-bond acceptors (Lipinski definition) is 6. The minimum atomic E-state index is -0.0161. The van der Waals surface area contributed by atoms with Gasteiger partial charge in [-0.05, 0) is 65.1 Å². The highest BCUT2D eigenvalue weighted by molar-refractivity contribution is 5.81. The zero-order valence-electron chi connectivity index (χ0n) is 17.4. The number of rotatable bonds is 5. The number of nitrogens with zero attached hydrogens (tertiary/aromatic N) is 2. The van der Waals surface area contributed by atoms with Crippen molar-refractivity contribution in [1.82, 2.24) is 20.4 Å². The van der Waals surface area contributed by atoms with Gasteiger partial charge in [0, 0.05) is 37.6 Å². The molecule has 1 spiro atoms. The summed E-state index contributed by atoms with van der Waals surface area (Å²) in [7, 11) is 1.74. The second-order valence-corrected chi connectivity index (χ2v) is 9.00. The molecule has 4 atom stereocenters. The molecule has 4 aliphatic rings. The van der Waals surface area contributed by atoms with Crippen LogP contribution in [0.25, 0.3) is 0 Å². The van der Waals surface area contributed by atoms with Crippen LogP contribution < -0.4 is 10.6 Å². The van der Waals surface area contributed by atoms with E-state index in [1.165, 1.54) is 6.42 Å². The van der Waals surface area contributed by atoms with Crippen LogP contribution in [0.15, 0.2) is 0 Å². The number of piperidine rings is 1. The molecule has 3 aliphatic heterocycles. The highest BCUT2D eigenvalue weighted by Crippen LogP contribution is 2.52. The predicted molar refractivity (Wildman–Crippen MR) is 107 cm³/mol. The van der Waals surface area contributed by atoms with E-state index in [2.05, 4.69) is 20.4 Å². The van der Waals surface area contributed by atoms with Gasteiger partial charge >= 0.3 is 5.97 Å². The molecule has 3 heterocycles. The minimum Gasteiger partial charge on any atom is -0.466 e. The zero-order chi connectivity index (χ0) is 19.7. The Bertz CT molecular complexity index is 592. The SMILES string of the molecule is CCOC(=O)C1CNCC12CC[C@@H]2N1CCC(N2CCCC2C(=O)NC)CC1. The monoisotopic (exact) mass is 392 g/mol. The molecule has 28 heavy (non-hydrogen) atoms. The molecule has 4 fully saturated rings. The molecule has 1 amide bonds. The lowest BCUT2D eigenvalue weighted by Gasteiger charge is -2.56. The largest absolute Gasteiger partial charge is 0.466 e. The second-order valence-electron chi connectivity index (χ2n) is 9.00. The van der Waals surface area contributed by atoms with Gasteiger partial charge in [0.15, 0.2) is 0 Å². The Kier molecular flexibility index (Phi) is 5.95. The van der Waals surface area contributed by atoms with Gasteiger partial charge in [0.05, 0.1) is 18.6 Å². The molecule has 7 heteroatoms. The molecule has 0 bridgehead atoms. The van der Waals surface area contributed by atoms with Crippen LogP contribution in [0.5, 0.6) is 0 Å². The zero-order valence-corrected chi connectivity index (χ0v) is 17.4. The first-order valence-electron chi connectivity index (χ1n) is 11.2. The van der Waals surface area contributed by atoms with E-state index in [1.54, 1.807) is 7.05 Å². The number of amides is 1. The van der Waals surface area contributed by atoms with E-state index in [0.29, 0.717) is 18.7 Å². The summed E-state index contributed by atoms with van der Waals surface area (Å²) in [6.45, 7) is 7.24. The standard InChI is InChI=1S/C21H36N4O3/c1-3-28-20(27)16-13-23-14-21(16)9-6-18(21)24-11-7-15(8-12-24)25-10-4-5-17(25)19(26)22-2/h15-18,23H,3-14H2,1-2H3,(H,22,26)/t16?,17?,18-,21?/m0/s1. The summed E-state index contributed by atoms with van der Waals surface area (Å²) in [6, 6.07) is 1.06. The van der Waals surface area contributed by atoms with E-state index in [0.717, 1.165) is 64.8 Å². The normalized spacial score (nSPS) is 37.1. The number of carbonyl (C=O) groups excluding carboxylic acids is 2. The maximum atomic E-state index is 12.5. The number of esters is 1. The molecule has 4 rings (SSSR count). The van der Waals surface area contributed by atoms with Crippen LogP contribution in [0.1, 0.15) is 45.4 Å². The summed E-state index contributed by atoms with van der Waals surface area (Å²) >= 11 is 0. The molecule has 0 aromatic rings. The van der Waals surface area contributed by atoms with Gasteiger partial charge in [-0.25, -0.2) is 0 Å². The van der Waals surface area contributed by atoms with Crippen molar-refractivity contribution in [1.29, 1.82) is 0 Å². The molecule has 0 aromatic heterocycles. The lowest BCUT2D eigenvalue weighted by atomic mass is 9.58. The first-order chi connectivity index (χ1) is 13.6. The number of nitrogens with one attached hydrogen (secondary N) is 2. The smallest absolute Gasteiger partial charge is 0.310 e. The van der Waals surface area contributed by atoms with Crippen molar-refractivity contribution in [3.63, 3.8) is 0 Å². The molecule has 3 unspecified atom stereocenters. The van der Waals surface area contributed by atoms with Gasteiger partial charge in [-0.1, -0.05) is 0 Å². The van der Waals surface area contributed by atoms with E-state index in [9.17, 15) is 9.59 Å². The van der Waals surface area contributed by atoms with Crippen LogP contribution in [0.3, 0.4) is 0 Å². The minimum absolute atomic E-state index is 0.000126. The number of likely N-dealkylation sites (N-methyl/N-ethyl adjacent to an activating group) is 1. The van der Waals surface area contributed by atoms with Crippen LogP contribution in [0, 0.1) is 11.3 Å². The van der Waals surface area contributed by atoms with Gasteiger partial charge in [0.1, 0.15) is 0 Å². The number of hydrogen-bond donors (Lipinski definition) is 2. The van der Waals surface area contributed by atoms with Gasteiger partial charge in [0.2, 0.25) is 5.91 Å². The first kappa shape index (κ1) is 20.1. The number of carbonyl (C=O) groups is 2. The summed E-state index contributed by atoms with van der Waals surface area (Å²) < 4.78 is 5.38. The topological polar surface area (TPSA) is 73.9 Å². The Morgan fingerprint density at radius 1 is 1.18 bits per heavy atom. The van der Waals surface area contributed by atoms with Crippen molar-refractivity contribution < 1.29 is 14.3 Å². The predicted octanol–water partition coefficient (Wildman–Crippen LogP) is 0.593. The lowest BCUT2D eigenvalue weighted by molar-refractivity contribution is -0.158.